The normalized spacial score (nSPS) is 20.4. The third-order valence-corrected chi connectivity index (χ3v) is 3.86. The van der Waals surface area contributed by atoms with Crippen LogP contribution in [0.5, 0.6) is 5.88 Å². The van der Waals surface area contributed by atoms with Crippen molar-refractivity contribution in [2.24, 2.45) is 5.92 Å². The maximum absolute atomic E-state index is 6.06. The summed E-state index contributed by atoms with van der Waals surface area (Å²) in [6.45, 7) is 13.0. The number of ether oxygens (including phenoxy) is 1. The molecule has 0 aromatic carbocycles. The maximum atomic E-state index is 6.06. The molecule has 0 unspecified atom stereocenters. The lowest BCUT2D eigenvalue weighted by Gasteiger charge is -2.32. The summed E-state index contributed by atoms with van der Waals surface area (Å²) in [5.41, 5.74) is 0.137. The molecule has 4 nitrogen and oxygen atoms in total. The predicted octanol–water partition coefficient (Wildman–Crippen LogP) is 2.42. The topological polar surface area (TPSA) is 40.6 Å². The van der Waals surface area contributed by atoms with Gasteiger partial charge in [-0.3, -0.25) is 0 Å². The molecular weight excluding hydrogens is 253 g/mol. The van der Waals surface area contributed by atoms with Gasteiger partial charge in [0.25, 0.3) is 0 Å². The SMILES string of the molecule is CC(C)COc1ncccc1B1OC(C)(C)C(C)(C)O1. The van der Waals surface area contributed by atoms with Gasteiger partial charge in [0.1, 0.15) is 0 Å². The summed E-state index contributed by atoms with van der Waals surface area (Å²) in [4.78, 5) is 4.31. The second-order valence-electron chi connectivity index (χ2n) is 6.69. The zero-order valence-electron chi connectivity index (χ0n) is 13.3. The molecule has 0 spiro atoms. The van der Waals surface area contributed by atoms with E-state index in [2.05, 4.69) is 18.8 Å². The second kappa shape index (κ2) is 5.37. The van der Waals surface area contributed by atoms with E-state index in [9.17, 15) is 0 Å². The van der Waals surface area contributed by atoms with Crippen molar-refractivity contribution < 1.29 is 14.0 Å². The van der Waals surface area contributed by atoms with Crippen LogP contribution in [0.4, 0.5) is 0 Å². The van der Waals surface area contributed by atoms with E-state index in [0.717, 1.165) is 5.46 Å². The highest BCUT2D eigenvalue weighted by Gasteiger charge is 2.52. The Balaban J connectivity index is 2.22. The van der Waals surface area contributed by atoms with Crippen molar-refractivity contribution in [3.63, 3.8) is 0 Å². The van der Waals surface area contributed by atoms with Crippen molar-refractivity contribution in [2.75, 3.05) is 6.61 Å². The highest BCUT2D eigenvalue weighted by molar-refractivity contribution is 6.63. The van der Waals surface area contributed by atoms with Crippen LogP contribution in [0.2, 0.25) is 0 Å². The van der Waals surface area contributed by atoms with E-state index in [1.807, 2.05) is 39.8 Å². The van der Waals surface area contributed by atoms with E-state index >= 15 is 0 Å². The van der Waals surface area contributed by atoms with Crippen molar-refractivity contribution in [3.05, 3.63) is 18.3 Å². The van der Waals surface area contributed by atoms with Gasteiger partial charge in [-0.1, -0.05) is 19.9 Å². The van der Waals surface area contributed by atoms with Crippen LogP contribution in [-0.4, -0.2) is 29.9 Å². The molecule has 1 aliphatic rings. The van der Waals surface area contributed by atoms with Gasteiger partial charge < -0.3 is 14.0 Å². The summed E-state index contributed by atoms with van der Waals surface area (Å²) >= 11 is 0. The number of hydrogen-bond acceptors (Lipinski definition) is 4. The van der Waals surface area contributed by atoms with Gasteiger partial charge in [-0.05, 0) is 39.7 Å². The minimum absolute atomic E-state index is 0.358. The van der Waals surface area contributed by atoms with Crippen LogP contribution in [-0.2, 0) is 9.31 Å². The molecule has 1 saturated heterocycles. The fourth-order valence-corrected chi connectivity index (χ4v) is 1.92. The number of rotatable bonds is 4. The summed E-state index contributed by atoms with van der Waals surface area (Å²) in [5, 5.41) is 0. The highest BCUT2D eigenvalue weighted by atomic mass is 16.7. The number of aromatic nitrogens is 1. The molecule has 1 aliphatic heterocycles. The molecule has 1 aromatic rings. The molecule has 2 rings (SSSR count). The lowest BCUT2D eigenvalue weighted by atomic mass is 9.80. The van der Waals surface area contributed by atoms with Gasteiger partial charge in [-0.25, -0.2) is 4.98 Å². The molecule has 0 radical (unpaired) electrons. The van der Waals surface area contributed by atoms with Crippen molar-refractivity contribution in [2.45, 2.75) is 52.7 Å². The highest BCUT2D eigenvalue weighted by Crippen LogP contribution is 2.36. The monoisotopic (exact) mass is 277 g/mol. The standard InChI is InChI=1S/C15H24BNO3/c1-11(2)10-18-13-12(8-7-9-17-13)16-19-14(3,4)15(5,6)20-16/h7-9,11H,10H2,1-6H3. The van der Waals surface area contributed by atoms with Gasteiger partial charge in [-0.15, -0.1) is 0 Å². The zero-order chi connectivity index (χ0) is 15.0. The van der Waals surface area contributed by atoms with Gasteiger partial charge in [0.15, 0.2) is 0 Å². The fourth-order valence-electron chi connectivity index (χ4n) is 1.92. The van der Waals surface area contributed by atoms with Gasteiger partial charge in [0.05, 0.1) is 17.8 Å². The van der Waals surface area contributed by atoms with E-state index in [-0.39, 0.29) is 11.2 Å². The number of nitrogens with zero attached hydrogens (tertiary/aromatic N) is 1. The van der Waals surface area contributed by atoms with Crippen LogP contribution in [0.1, 0.15) is 41.5 Å². The Morgan fingerprint density at radius 2 is 1.80 bits per heavy atom. The van der Waals surface area contributed by atoms with Crippen LogP contribution >= 0.6 is 0 Å². The molecule has 0 aliphatic carbocycles. The minimum Gasteiger partial charge on any atom is -0.478 e. The van der Waals surface area contributed by atoms with Crippen LogP contribution < -0.4 is 10.2 Å². The van der Waals surface area contributed by atoms with Gasteiger partial charge in [0.2, 0.25) is 5.88 Å². The molecule has 110 valence electrons. The van der Waals surface area contributed by atoms with E-state index in [1.165, 1.54) is 0 Å². The largest absolute Gasteiger partial charge is 0.500 e. The van der Waals surface area contributed by atoms with Gasteiger partial charge in [0, 0.05) is 11.7 Å². The van der Waals surface area contributed by atoms with Crippen molar-refractivity contribution in [3.8, 4) is 5.88 Å². The Kier molecular flexibility index (Phi) is 4.12. The zero-order valence-corrected chi connectivity index (χ0v) is 13.3. The van der Waals surface area contributed by atoms with E-state index in [0.29, 0.717) is 18.4 Å². The first kappa shape index (κ1) is 15.3. The Morgan fingerprint density at radius 3 is 2.35 bits per heavy atom. The van der Waals surface area contributed by atoms with Crippen LogP contribution in [0, 0.1) is 5.92 Å². The summed E-state index contributed by atoms with van der Waals surface area (Å²) in [7, 11) is -0.434. The summed E-state index contributed by atoms with van der Waals surface area (Å²) in [5.74, 6) is 1.04. The van der Waals surface area contributed by atoms with Crippen LogP contribution in [0.3, 0.4) is 0 Å². The molecular formula is C15H24BNO3. The van der Waals surface area contributed by atoms with E-state index < -0.39 is 7.12 Å². The molecule has 0 N–H and O–H groups in total. The smallest absolute Gasteiger partial charge is 0.478 e. The molecule has 1 fully saturated rings. The first-order valence-corrected chi connectivity index (χ1v) is 7.16. The lowest BCUT2D eigenvalue weighted by molar-refractivity contribution is 0.00578. The molecule has 20 heavy (non-hydrogen) atoms. The molecule has 1 aromatic heterocycles. The van der Waals surface area contributed by atoms with Crippen molar-refractivity contribution in [1.82, 2.24) is 4.98 Å². The van der Waals surface area contributed by atoms with Gasteiger partial charge >= 0.3 is 7.12 Å². The average molecular weight is 277 g/mol. The fraction of sp³-hybridized carbons (Fsp3) is 0.667. The lowest BCUT2D eigenvalue weighted by Crippen LogP contribution is -2.41. The Labute approximate surface area is 122 Å². The van der Waals surface area contributed by atoms with Gasteiger partial charge in [-0.2, -0.15) is 0 Å². The van der Waals surface area contributed by atoms with Crippen molar-refractivity contribution in [1.29, 1.82) is 0 Å². The Hall–Kier alpha value is -1.07. The van der Waals surface area contributed by atoms with E-state index in [4.69, 9.17) is 14.0 Å². The van der Waals surface area contributed by atoms with Crippen molar-refractivity contribution >= 4 is 12.6 Å². The summed E-state index contributed by atoms with van der Waals surface area (Å²) in [6, 6.07) is 3.83. The molecule has 5 heteroatoms. The third-order valence-electron chi connectivity index (χ3n) is 3.86. The minimum atomic E-state index is -0.434. The van der Waals surface area contributed by atoms with Crippen LogP contribution in [0.15, 0.2) is 18.3 Å². The maximum Gasteiger partial charge on any atom is 0.500 e. The number of pyridine rings is 1. The summed E-state index contributed by atoms with van der Waals surface area (Å²) < 4.78 is 17.9. The first-order chi connectivity index (χ1) is 9.23. The predicted molar refractivity (Wildman–Crippen MR) is 80.3 cm³/mol. The van der Waals surface area contributed by atoms with Crippen LogP contribution in [0.25, 0.3) is 0 Å². The molecule has 0 amide bonds. The molecule has 0 saturated carbocycles. The molecule has 2 heterocycles. The first-order valence-electron chi connectivity index (χ1n) is 7.16. The third kappa shape index (κ3) is 2.99. The molecule has 0 bridgehead atoms. The second-order valence-corrected chi connectivity index (χ2v) is 6.69. The summed E-state index contributed by atoms with van der Waals surface area (Å²) in [6.07, 6.45) is 1.73. The Bertz CT molecular complexity index is 458. The van der Waals surface area contributed by atoms with E-state index in [1.54, 1.807) is 6.20 Å². The molecule has 0 atom stereocenters. The quantitative estimate of drug-likeness (QED) is 0.792. The number of hydrogen-bond donors (Lipinski definition) is 0. The Morgan fingerprint density at radius 1 is 1.20 bits per heavy atom. The average Bonchev–Trinajstić information content (AvgIpc) is 2.56.